The smallest absolute Gasteiger partial charge is 0.268 e. The van der Waals surface area contributed by atoms with Crippen LogP contribution in [0.1, 0.15) is 16.8 Å². The molecule has 0 aliphatic heterocycles. The molecule has 0 saturated heterocycles. The highest BCUT2D eigenvalue weighted by molar-refractivity contribution is 7.90. The largest absolute Gasteiger partial charge is 0.289 e. The monoisotopic (exact) mass is 407 g/mol. The molecule has 0 bridgehead atoms. The van der Waals surface area contributed by atoms with Crippen molar-refractivity contribution in [3.8, 4) is 11.1 Å². The number of hydrogen-bond donors (Lipinski definition) is 0. The van der Waals surface area contributed by atoms with E-state index in [0.717, 1.165) is 16.7 Å². The fraction of sp³-hybridized carbons (Fsp3) is 0.182. The molecule has 4 rings (SSSR count). The van der Waals surface area contributed by atoms with Crippen LogP contribution < -0.4 is 5.43 Å². The first-order valence-electron chi connectivity index (χ1n) is 9.17. The first-order valence-corrected chi connectivity index (χ1v) is 10.6. The molecule has 0 radical (unpaired) electrons. The van der Waals surface area contributed by atoms with Crippen molar-refractivity contribution in [2.75, 3.05) is 0 Å². The van der Waals surface area contributed by atoms with E-state index in [9.17, 15) is 13.2 Å². The Balaban J connectivity index is 1.96. The van der Waals surface area contributed by atoms with Crippen molar-refractivity contribution < 1.29 is 8.42 Å². The lowest BCUT2D eigenvalue weighted by molar-refractivity contribution is 0.587. The molecule has 4 aromatic rings. The third kappa shape index (κ3) is 3.07. The van der Waals surface area contributed by atoms with Gasteiger partial charge in [-0.3, -0.25) is 9.48 Å². The zero-order valence-corrected chi connectivity index (χ0v) is 17.5. The number of fused-ring (bicyclic) bond motifs is 1. The number of hydrogen-bond acceptors (Lipinski definition) is 4. The highest BCUT2D eigenvalue weighted by atomic mass is 32.2. The van der Waals surface area contributed by atoms with Crippen LogP contribution in [0.3, 0.4) is 0 Å². The van der Waals surface area contributed by atoms with Crippen molar-refractivity contribution in [2.24, 2.45) is 7.05 Å². The molecule has 2 aromatic heterocycles. The molecule has 0 fully saturated rings. The highest BCUT2D eigenvalue weighted by Crippen LogP contribution is 2.28. The first kappa shape index (κ1) is 19.1. The van der Waals surface area contributed by atoms with Crippen LogP contribution in [-0.2, 0) is 17.1 Å². The van der Waals surface area contributed by atoms with Crippen molar-refractivity contribution in [2.45, 2.75) is 25.7 Å². The van der Waals surface area contributed by atoms with Crippen LogP contribution in [0.25, 0.3) is 22.0 Å². The second-order valence-corrected chi connectivity index (χ2v) is 9.03. The van der Waals surface area contributed by atoms with Crippen LogP contribution in [0.15, 0.2) is 64.5 Å². The van der Waals surface area contributed by atoms with E-state index < -0.39 is 10.0 Å². The van der Waals surface area contributed by atoms with Crippen LogP contribution in [0, 0.1) is 20.8 Å². The number of benzene rings is 2. The number of para-hydroxylation sites is 1. The van der Waals surface area contributed by atoms with E-state index in [1.807, 2.05) is 32.3 Å². The molecule has 0 unspecified atom stereocenters. The maximum Gasteiger partial charge on any atom is 0.268 e. The van der Waals surface area contributed by atoms with Gasteiger partial charge in [-0.25, -0.2) is 12.4 Å². The van der Waals surface area contributed by atoms with Gasteiger partial charge >= 0.3 is 0 Å². The zero-order chi connectivity index (χ0) is 20.9. The lowest BCUT2D eigenvalue weighted by atomic mass is 10.1. The van der Waals surface area contributed by atoms with E-state index >= 15 is 0 Å². The Kier molecular flexibility index (Phi) is 4.42. The quantitative estimate of drug-likeness (QED) is 0.520. The predicted molar refractivity (Wildman–Crippen MR) is 114 cm³/mol. The van der Waals surface area contributed by atoms with Crippen molar-refractivity contribution >= 4 is 20.9 Å². The minimum absolute atomic E-state index is 0.184. The summed E-state index contributed by atoms with van der Waals surface area (Å²) >= 11 is 0. The molecule has 0 spiro atoms. The Morgan fingerprint density at radius 2 is 1.69 bits per heavy atom. The molecule has 0 N–H and O–H groups in total. The van der Waals surface area contributed by atoms with Crippen molar-refractivity contribution in [3.63, 3.8) is 0 Å². The Morgan fingerprint density at radius 1 is 0.931 bits per heavy atom. The summed E-state index contributed by atoms with van der Waals surface area (Å²) in [6, 6.07) is 11.9. The Morgan fingerprint density at radius 3 is 2.34 bits per heavy atom. The van der Waals surface area contributed by atoms with E-state index in [4.69, 9.17) is 0 Å². The lowest BCUT2D eigenvalue weighted by Gasteiger charge is -2.18. The van der Waals surface area contributed by atoms with Gasteiger partial charge < -0.3 is 0 Å². The fourth-order valence-corrected chi connectivity index (χ4v) is 5.54. The molecule has 29 heavy (non-hydrogen) atoms. The summed E-state index contributed by atoms with van der Waals surface area (Å²) in [7, 11) is -2.07. The van der Waals surface area contributed by atoms with Gasteiger partial charge in [0.2, 0.25) is 0 Å². The summed E-state index contributed by atoms with van der Waals surface area (Å²) in [5.74, 6) is 0. The SMILES string of the molecule is Cc1cc(-c2cnn(C)c2)ccc1S(=O)(=O)n1c(C)cc(=O)c2cccc(C)c21. The third-order valence-corrected chi connectivity index (χ3v) is 7.06. The molecule has 0 amide bonds. The predicted octanol–water partition coefficient (Wildman–Crippen LogP) is 3.56. The Labute approximate surface area is 169 Å². The normalized spacial score (nSPS) is 11.9. The molecule has 0 saturated carbocycles. The molecule has 148 valence electrons. The summed E-state index contributed by atoms with van der Waals surface area (Å²) in [6.45, 7) is 5.23. The minimum atomic E-state index is -3.90. The van der Waals surface area contributed by atoms with Gasteiger partial charge in [-0.1, -0.05) is 18.2 Å². The van der Waals surface area contributed by atoms with Gasteiger partial charge in [-0.05, 0) is 55.7 Å². The van der Waals surface area contributed by atoms with Gasteiger partial charge in [0, 0.05) is 36.0 Å². The summed E-state index contributed by atoms with van der Waals surface area (Å²) < 4.78 is 30.3. The molecule has 0 aliphatic carbocycles. The molecular weight excluding hydrogens is 386 g/mol. The molecular formula is C22H21N3O3S. The van der Waals surface area contributed by atoms with Gasteiger partial charge in [0.15, 0.2) is 5.43 Å². The van der Waals surface area contributed by atoms with Crippen LogP contribution >= 0.6 is 0 Å². The van der Waals surface area contributed by atoms with E-state index in [0.29, 0.717) is 22.2 Å². The molecule has 2 aromatic carbocycles. The lowest BCUT2D eigenvalue weighted by Crippen LogP contribution is -2.21. The molecule has 7 heteroatoms. The van der Waals surface area contributed by atoms with Crippen molar-refractivity contribution in [1.29, 1.82) is 0 Å². The average Bonchev–Trinajstić information content (AvgIpc) is 3.08. The number of nitrogens with zero attached hydrogens (tertiary/aromatic N) is 3. The molecule has 2 heterocycles. The number of pyridine rings is 1. The van der Waals surface area contributed by atoms with Crippen LogP contribution in [0.2, 0.25) is 0 Å². The average molecular weight is 407 g/mol. The number of aryl methyl sites for hydroxylation is 4. The van der Waals surface area contributed by atoms with Crippen LogP contribution in [0.5, 0.6) is 0 Å². The summed E-state index contributed by atoms with van der Waals surface area (Å²) in [4.78, 5) is 12.6. The second kappa shape index (κ2) is 6.70. The van der Waals surface area contributed by atoms with Gasteiger partial charge in [0.05, 0.1) is 16.6 Å². The number of aromatic nitrogens is 3. The standard InChI is InChI=1S/C22H21N3O3S/c1-14-6-5-7-19-20(26)11-16(3)25(22(14)19)29(27,28)21-9-8-17(10-15(21)2)18-12-23-24(4)13-18/h5-13H,1-4H3. The highest BCUT2D eigenvalue weighted by Gasteiger charge is 2.24. The van der Waals surface area contributed by atoms with E-state index in [1.54, 1.807) is 49.0 Å². The minimum Gasteiger partial charge on any atom is -0.289 e. The maximum absolute atomic E-state index is 13.6. The van der Waals surface area contributed by atoms with Gasteiger partial charge in [0.25, 0.3) is 10.0 Å². The molecule has 0 atom stereocenters. The summed E-state index contributed by atoms with van der Waals surface area (Å²) in [6.07, 6.45) is 3.62. The van der Waals surface area contributed by atoms with Gasteiger partial charge in [-0.15, -0.1) is 0 Å². The first-order chi connectivity index (χ1) is 13.7. The van der Waals surface area contributed by atoms with Crippen LogP contribution in [-0.4, -0.2) is 22.2 Å². The number of rotatable bonds is 3. The Hall–Kier alpha value is -3.19. The van der Waals surface area contributed by atoms with Gasteiger partial charge in [-0.2, -0.15) is 5.10 Å². The third-order valence-electron chi connectivity index (χ3n) is 5.10. The topological polar surface area (TPSA) is 74.0 Å². The molecule has 0 aliphatic rings. The van der Waals surface area contributed by atoms with E-state index in [-0.39, 0.29) is 10.3 Å². The molecule has 6 nitrogen and oxygen atoms in total. The van der Waals surface area contributed by atoms with Crippen LogP contribution in [0.4, 0.5) is 0 Å². The van der Waals surface area contributed by atoms with E-state index in [2.05, 4.69) is 5.10 Å². The van der Waals surface area contributed by atoms with E-state index in [1.165, 1.54) is 10.0 Å². The summed E-state index contributed by atoms with van der Waals surface area (Å²) in [5.41, 5.74) is 3.80. The van der Waals surface area contributed by atoms with Crippen molar-refractivity contribution in [3.05, 3.63) is 81.9 Å². The zero-order valence-electron chi connectivity index (χ0n) is 16.7. The Bertz CT molecular complexity index is 1430. The second-order valence-electron chi connectivity index (χ2n) is 7.27. The van der Waals surface area contributed by atoms with Gasteiger partial charge in [0.1, 0.15) is 0 Å². The maximum atomic E-state index is 13.6. The summed E-state index contributed by atoms with van der Waals surface area (Å²) in [5, 5.41) is 4.56. The fourth-order valence-electron chi connectivity index (χ4n) is 3.73. The van der Waals surface area contributed by atoms with Crippen molar-refractivity contribution in [1.82, 2.24) is 13.8 Å².